The van der Waals surface area contributed by atoms with Gasteiger partial charge in [0.25, 0.3) is 0 Å². The first kappa shape index (κ1) is 35.3. The number of carboxylic acid groups (broad SMARTS) is 1. The minimum absolute atomic E-state index is 0.0440. The van der Waals surface area contributed by atoms with Crippen molar-refractivity contribution < 1.29 is 29.1 Å². The van der Waals surface area contributed by atoms with E-state index in [-0.39, 0.29) is 23.7 Å². The second kappa shape index (κ2) is 17.0. The average molecular weight is 542 g/mol. The van der Waals surface area contributed by atoms with Crippen LogP contribution in [-0.2, 0) is 24.0 Å². The maximum atomic E-state index is 13.4. The molecule has 0 saturated heterocycles. The summed E-state index contributed by atoms with van der Waals surface area (Å²) in [5.74, 6) is -2.97. The molecule has 220 valence electrons. The van der Waals surface area contributed by atoms with Crippen molar-refractivity contribution in [2.24, 2.45) is 29.4 Å². The molecule has 0 bridgehead atoms. The number of hydrogen-bond acceptors (Lipinski definition) is 6. The minimum atomic E-state index is -1.04. The third-order valence-corrected chi connectivity index (χ3v) is 5.90. The molecule has 0 aromatic rings. The molecule has 0 unspecified atom stereocenters. The summed E-state index contributed by atoms with van der Waals surface area (Å²) in [5, 5.41) is 20.7. The molecule has 0 aromatic carbocycles. The van der Waals surface area contributed by atoms with Crippen LogP contribution in [0.5, 0.6) is 0 Å². The highest BCUT2D eigenvalue weighted by atomic mass is 16.4. The number of carboxylic acids is 1. The third-order valence-electron chi connectivity index (χ3n) is 5.90. The van der Waals surface area contributed by atoms with Crippen LogP contribution < -0.4 is 27.0 Å². The number of rotatable bonds is 18. The summed E-state index contributed by atoms with van der Waals surface area (Å²) in [7, 11) is 0. The second-order valence-electron chi connectivity index (χ2n) is 11.9. The van der Waals surface area contributed by atoms with Gasteiger partial charge in [-0.05, 0) is 56.3 Å². The lowest BCUT2D eigenvalue weighted by Crippen LogP contribution is -2.59. The van der Waals surface area contributed by atoms with Gasteiger partial charge in [0.2, 0.25) is 23.6 Å². The molecule has 0 heterocycles. The van der Waals surface area contributed by atoms with Crippen molar-refractivity contribution in [1.29, 1.82) is 0 Å². The third kappa shape index (κ3) is 14.3. The Labute approximate surface area is 227 Å². The van der Waals surface area contributed by atoms with Gasteiger partial charge in [-0.3, -0.25) is 29.3 Å². The summed E-state index contributed by atoms with van der Waals surface area (Å²) >= 11 is 0. The Morgan fingerprint density at radius 3 is 1.21 bits per heavy atom. The normalized spacial score (nSPS) is 15.6. The number of amides is 4. The quantitative estimate of drug-likeness (QED) is 0.152. The van der Waals surface area contributed by atoms with E-state index in [0.717, 1.165) is 0 Å². The summed E-state index contributed by atoms with van der Waals surface area (Å²) < 4.78 is 0. The molecule has 0 radical (unpaired) electrons. The number of carbonyl (C=O) groups is 5. The number of nitrogens with one attached hydrogen (secondary N) is 4. The van der Waals surface area contributed by atoms with Gasteiger partial charge in [-0.25, -0.2) is 0 Å². The average Bonchev–Trinajstić information content (AvgIpc) is 2.75. The molecule has 0 aromatic heterocycles. The predicted molar refractivity (Wildman–Crippen MR) is 147 cm³/mol. The molecule has 0 rings (SSSR count). The van der Waals surface area contributed by atoms with Crippen molar-refractivity contribution in [3.63, 3.8) is 0 Å². The summed E-state index contributed by atoms with van der Waals surface area (Å²) in [4.78, 5) is 62.7. The van der Waals surface area contributed by atoms with E-state index in [9.17, 15) is 29.1 Å². The Morgan fingerprint density at radius 1 is 0.553 bits per heavy atom. The maximum Gasteiger partial charge on any atom is 0.320 e. The van der Waals surface area contributed by atoms with Crippen LogP contribution in [0.25, 0.3) is 0 Å². The Bertz CT molecular complexity index is 799. The Hall–Kier alpha value is -2.69. The van der Waals surface area contributed by atoms with Crippen molar-refractivity contribution in [2.75, 3.05) is 0 Å². The van der Waals surface area contributed by atoms with Gasteiger partial charge in [-0.2, -0.15) is 0 Å². The fraction of sp³-hybridized carbons (Fsp3) is 0.815. The van der Waals surface area contributed by atoms with Gasteiger partial charge in [0, 0.05) is 0 Å². The van der Waals surface area contributed by atoms with Gasteiger partial charge >= 0.3 is 5.97 Å². The van der Waals surface area contributed by atoms with Gasteiger partial charge in [0.1, 0.15) is 24.2 Å². The maximum absolute atomic E-state index is 13.4. The van der Waals surface area contributed by atoms with Crippen molar-refractivity contribution in [3.8, 4) is 0 Å². The molecule has 7 N–H and O–H groups in total. The number of aliphatic carboxylic acids is 1. The molecule has 4 amide bonds. The SMILES string of the molecule is CC(C)C[C@H](NC(=O)[C@H](CC(C)C)NC(=O)[C@H](CC(C)C)N[C@H](CC(C)C)C(=O)O)C(=O)N[C@@H](C)C(N)=O. The number of nitrogens with two attached hydrogens (primary N) is 1. The Balaban J connectivity index is 5.83. The van der Waals surface area contributed by atoms with Crippen LogP contribution in [0, 0.1) is 23.7 Å². The number of hydrogen-bond donors (Lipinski definition) is 6. The van der Waals surface area contributed by atoms with Gasteiger partial charge < -0.3 is 26.8 Å². The molecular weight excluding hydrogens is 490 g/mol. The lowest BCUT2D eigenvalue weighted by Gasteiger charge is -2.29. The van der Waals surface area contributed by atoms with Crippen molar-refractivity contribution >= 4 is 29.6 Å². The van der Waals surface area contributed by atoms with E-state index in [0.29, 0.717) is 25.7 Å². The first-order valence-electron chi connectivity index (χ1n) is 13.6. The molecule has 11 nitrogen and oxygen atoms in total. The Kier molecular flexibility index (Phi) is 15.8. The van der Waals surface area contributed by atoms with E-state index in [1.54, 1.807) is 0 Å². The second-order valence-corrected chi connectivity index (χ2v) is 11.9. The van der Waals surface area contributed by atoms with E-state index < -0.39 is 59.8 Å². The lowest BCUT2D eigenvalue weighted by molar-refractivity contribution is -0.141. The highest BCUT2D eigenvalue weighted by Crippen LogP contribution is 2.13. The van der Waals surface area contributed by atoms with E-state index in [4.69, 9.17) is 5.73 Å². The fourth-order valence-corrected chi connectivity index (χ4v) is 4.01. The van der Waals surface area contributed by atoms with Crippen LogP contribution in [0.2, 0.25) is 0 Å². The predicted octanol–water partition coefficient (Wildman–Crippen LogP) is 1.54. The molecule has 0 spiro atoms. The molecule has 11 heteroatoms. The standard InChI is InChI=1S/C27H51N5O6/c1-14(2)10-19(30-22(27(37)38)13-17(7)8)25(35)32-21(12-16(5)6)26(36)31-20(11-15(3)4)24(34)29-18(9)23(28)33/h14-22,30H,10-13H2,1-9H3,(H2,28,33)(H,29,34)(H,31,36)(H,32,35)(H,37,38)/t18-,19-,20-,21-,22+/m0/s1. The molecule has 0 aliphatic rings. The van der Waals surface area contributed by atoms with Crippen LogP contribution in [0.15, 0.2) is 0 Å². The van der Waals surface area contributed by atoms with Gasteiger partial charge in [0.05, 0.1) is 6.04 Å². The molecule has 0 fully saturated rings. The van der Waals surface area contributed by atoms with Gasteiger partial charge in [-0.1, -0.05) is 55.4 Å². The highest BCUT2D eigenvalue weighted by molar-refractivity contribution is 5.94. The smallest absolute Gasteiger partial charge is 0.320 e. The topological polar surface area (TPSA) is 180 Å². The van der Waals surface area contributed by atoms with E-state index >= 15 is 0 Å². The zero-order chi connectivity index (χ0) is 29.7. The molecular formula is C27H51N5O6. The fourth-order valence-electron chi connectivity index (χ4n) is 4.01. The summed E-state index contributed by atoms with van der Waals surface area (Å²) in [5.41, 5.74) is 5.26. The summed E-state index contributed by atoms with van der Waals surface area (Å²) in [6.07, 6.45) is 1.36. The van der Waals surface area contributed by atoms with Gasteiger partial charge in [0.15, 0.2) is 0 Å². The zero-order valence-electron chi connectivity index (χ0n) is 24.6. The van der Waals surface area contributed by atoms with E-state index in [1.807, 2.05) is 55.4 Å². The summed E-state index contributed by atoms with van der Waals surface area (Å²) in [6, 6.07) is -4.50. The van der Waals surface area contributed by atoms with Crippen LogP contribution in [0.1, 0.15) is 88.0 Å². The first-order valence-corrected chi connectivity index (χ1v) is 13.6. The van der Waals surface area contributed by atoms with Crippen LogP contribution in [-0.4, -0.2) is 64.9 Å². The van der Waals surface area contributed by atoms with E-state index in [2.05, 4.69) is 21.3 Å². The molecule has 38 heavy (non-hydrogen) atoms. The summed E-state index contributed by atoms with van der Waals surface area (Å²) in [6.45, 7) is 16.8. The van der Waals surface area contributed by atoms with Crippen molar-refractivity contribution in [1.82, 2.24) is 21.3 Å². The molecule has 0 aliphatic heterocycles. The van der Waals surface area contributed by atoms with Crippen molar-refractivity contribution in [2.45, 2.75) is 118 Å². The zero-order valence-corrected chi connectivity index (χ0v) is 24.6. The highest BCUT2D eigenvalue weighted by Gasteiger charge is 2.32. The lowest BCUT2D eigenvalue weighted by atomic mass is 9.97. The molecule has 5 atom stereocenters. The van der Waals surface area contributed by atoms with Crippen LogP contribution in [0.3, 0.4) is 0 Å². The first-order chi connectivity index (χ1) is 17.4. The van der Waals surface area contributed by atoms with Crippen LogP contribution >= 0.6 is 0 Å². The molecule has 0 aliphatic carbocycles. The van der Waals surface area contributed by atoms with Gasteiger partial charge in [-0.15, -0.1) is 0 Å². The largest absolute Gasteiger partial charge is 0.480 e. The Morgan fingerprint density at radius 2 is 0.868 bits per heavy atom. The number of carbonyl (C=O) groups excluding carboxylic acids is 4. The number of primary amides is 1. The van der Waals surface area contributed by atoms with Crippen LogP contribution in [0.4, 0.5) is 0 Å². The monoisotopic (exact) mass is 541 g/mol. The molecule has 0 saturated carbocycles. The van der Waals surface area contributed by atoms with E-state index in [1.165, 1.54) is 6.92 Å². The minimum Gasteiger partial charge on any atom is -0.480 e. The van der Waals surface area contributed by atoms with Crippen molar-refractivity contribution in [3.05, 3.63) is 0 Å².